The van der Waals surface area contributed by atoms with Crippen molar-refractivity contribution in [3.05, 3.63) is 0 Å². The van der Waals surface area contributed by atoms with Crippen molar-refractivity contribution in [1.82, 2.24) is 0 Å². The summed E-state index contributed by atoms with van der Waals surface area (Å²) in [6.07, 6.45) is 4.53. The van der Waals surface area contributed by atoms with Crippen LogP contribution in [0.1, 0.15) is 32.1 Å². The number of alkyl halides is 2. The molecule has 0 heterocycles. The van der Waals surface area contributed by atoms with Crippen molar-refractivity contribution >= 4 is 0 Å². The Hall–Kier alpha value is -0.140. The maximum atomic E-state index is 13.5. The molecule has 0 nitrogen and oxygen atoms in total. The van der Waals surface area contributed by atoms with Gasteiger partial charge in [-0.3, -0.25) is 0 Å². The molecule has 4 aliphatic carbocycles. The number of halogens is 2. The third kappa shape index (κ3) is 0.763. The molecule has 68 valence electrons. The van der Waals surface area contributed by atoms with Crippen LogP contribution >= 0.6 is 0 Å². The zero-order valence-corrected chi connectivity index (χ0v) is 7.10. The fourth-order valence-corrected chi connectivity index (χ4v) is 3.81. The largest absolute Gasteiger partial charge is 0.253 e. The molecule has 4 rings (SSSR count). The average molecular weight is 172 g/mol. The Balaban J connectivity index is 1.96. The van der Waals surface area contributed by atoms with E-state index in [0.29, 0.717) is 11.8 Å². The molecule has 12 heavy (non-hydrogen) atoms. The maximum absolute atomic E-state index is 13.5. The highest BCUT2D eigenvalue weighted by molar-refractivity contribution is 5.02. The Bertz CT molecular complexity index is 180. The van der Waals surface area contributed by atoms with Gasteiger partial charge >= 0.3 is 0 Å². The lowest BCUT2D eigenvalue weighted by molar-refractivity contribution is -0.200. The van der Waals surface area contributed by atoms with Crippen molar-refractivity contribution in [2.24, 2.45) is 23.7 Å². The SMILES string of the molecule is FC1(F)C2CC3CC(C2)CC1C3. The van der Waals surface area contributed by atoms with E-state index in [0.717, 1.165) is 25.7 Å². The highest BCUT2D eigenvalue weighted by atomic mass is 19.3. The minimum absolute atomic E-state index is 0.242. The summed E-state index contributed by atoms with van der Waals surface area (Å²) in [7, 11) is 0. The highest BCUT2D eigenvalue weighted by Gasteiger charge is 2.58. The van der Waals surface area contributed by atoms with Crippen LogP contribution in [-0.2, 0) is 0 Å². The molecule has 0 saturated heterocycles. The van der Waals surface area contributed by atoms with Crippen LogP contribution in [0.15, 0.2) is 0 Å². The van der Waals surface area contributed by atoms with E-state index in [1.54, 1.807) is 0 Å². The van der Waals surface area contributed by atoms with Gasteiger partial charge in [-0.15, -0.1) is 0 Å². The van der Waals surface area contributed by atoms with Crippen molar-refractivity contribution in [1.29, 1.82) is 0 Å². The minimum Gasteiger partial charge on any atom is -0.206 e. The monoisotopic (exact) mass is 172 g/mol. The molecule has 4 fully saturated rings. The first-order valence-electron chi connectivity index (χ1n) is 5.04. The maximum Gasteiger partial charge on any atom is 0.253 e. The van der Waals surface area contributed by atoms with Crippen molar-refractivity contribution in [2.45, 2.75) is 38.0 Å². The van der Waals surface area contributed by atoms with Crippen LogP contribution in [0.2, 0.25) is 0 Å². The molecule has 4 bridgehead atoms. The van der Waals surface area contributed by atoms with Gasteiger partial charge in [0.25, 0.3) is 5.92 Å². The van der Waals surface area contributed by atoms with E-state index in [2.05, 4.69) is 0 Å². The fraction of sp³-hybridized carbons (Fsp3) is 1.00. The van der Waals surface area contributed by atoms with Crippen LogP contribution in [-0.4, -0.2) is 5.92 Å². The summed E-state index contributed by atoms with van der Waals surface area (Å²) in [5.74, 6) is -1.46. The lowest BCUT2D eigenvalue weighted by atomic mass is 9.54. The first-order chi connectivity index (χ1) is 5.66. The van der Waals surface area contributed by atoms with Gasteiger partial charge in [0.2, 0.25) is 0 Å². The van der Waals surface area contributed by atoms with Gasteiger partial charge in [-0.2, -0.15) is 0 Å². The van der Waals surface area contributed by atoms with Gasteiger partial charge in [-0.25, -0.2) is 8.78 Å². The molecular formula is C10H14F2. The van der Waals surface area contributed by atoms with Gasteiger partial charge in [-0.05, 0) is 43.9 Å². The normalized spacial score (nSPS) is 54.5. The summed E-state index contributed by atoms with van der Waals surface area (Å²) >= 11 is 0. The molecule has 0 aromatic carbocycles. The van der Waals surface area contributed by atoms with E-state index in [9.17, 15) is 8.78 Å². The van der Waals surface area contributed by atoms with Crippen molar-refractivity contribution in [2.75, 3.05) is 0 Å². The van der Waals surface area contributed by atoms with Gasteiger partial charge in [0.15, 0.2) is 0 Å². The molecule has 0 N–H and O–H groups in total. The van der Waals surface area contributed by atoms with Crippen LogP contribution in [0.25, 0.3) is 0 Å². The Morgan fingerprint density at radius 1 is 0.750 bits per heavy atom. The molecule has 4 aliphatic rings. The van der Waals surface area contributed by atoms with Gasteiger partial charge in [0.05, 0.1) is 0 Å². The summed E-state index contributed by atoms with van der Waals surface area (Å²) in [6, 6.07) is 0. The Morgan fingerprint density at radius 2 is 1.17 bits per heavy atom. The zero-order valence-electron chi connectivity index (χ0n) is 7.10. The van der Waals surface area contributed by atoms with Gasteiger partial charge < -0.3 is 0 Å². The first kappa shape index (κ1) is 7.28. The third-order valence-electron chi connectivity index (χ3n) is 4.23. The molecular weight excluding hydrogens is 158 g/mol. The second kappa shape index (κ2) is 2.02. The lowest BCUT2D eigenvalue weighted by Gasteiger charge is -2.53. The lowest BCUT2D eigenvalue weighted by Crippen LogP contribution is -2.52. The topological polar surface area (TPSA) is 0 Å². The van der Waals surface area contributed by atoms with E-state index < -0.39 is 5.92 Å². The zero-order chi connectivity index (χ0) is 8.34. The Kier molecular flexibility index (Phi) is 1.23. The molecule has 0 atom stereocenters. The third-order valence-corrected chi connectivity index (χ3v) is 4.23. The molecule has 0 amide bonds. The van der Waals surface area contributed by atoms with Crippen LogP contribution in [0.4, 0.5) is 8.78 Å². The summed E-state index contributed by atoms with van der Waals surface area (Å²) in [6.45, 7) is 0. The molecule has 0 aliphatic heterocycles. The Morgan fingerprint density at radius 3 is 1.58 bits per heavy atom. The fourth-order valence-electron chi connectivity index (χ4n) is 3.81. The second-order valence-electron chi connectivity index (χ2n) is 4.98. The van der Waals surface area contributed by atoms with Crippen molar-refractivity contribution < 1.29 is 8.78 Å². The van der Waals surface area contributed by atoms with E-state index in [-0.39, 0.29) is 11.8 Å². The van der Waals surface area contributed by atoms with E-state index in [4.69, 9.17) is 0 Å². The standard InChI is InChI=1S/C10H14F2/c11-10(12)8-2-6-1-7(4-8)5-9(10)3-6/h6-9H,1-5H2. The summed E-state index contributed by atoms with van der Waals surface area (Å²) < 4.78 is 27.0. The molecule has 0 aromatic rings. The molecule has 0 radical (unpaired) electrons. The van der Waals surface area contributed by atoms with Crippen LogP contribution < -0.4 is 0 Å². The van der Waals surface area contributed by atoms with Gasteiger partial charge in [-0.1, -0.05) is 0 Å². The summed E-state index contributed by atoms with van der Waals surface area (Å²) in [5.41, 5.74) is 0. The van der Waals surface area contributed by atoms with Crippen LogP contribution in [0, 0.1) is 23.7 Å². The summed E-state index contributed by atoms with van der Waals surface area (Å²) in [5, 5.41) is 0. The molecule has 0 aromatic heterocycles. The van der Waals surface area contributed by atoms with E-state index >= 15 is 0 Å². The number of rotatable bonds is 0. The second-order valence-corrected chi connectivity index (χ2v) is 4.98. The van der Waals surface area contributed by atoms with Crippen molar-refractivity contribution in [3.8, 4) is 0 Å². The van der Waals surface area contributed by atoms with Crippen molar-refractivity contribution in [3.63, 3.8) is 0 Å². The first-order valence-corrected chi connectivity index (χ1v) is 5.04. The predicted octanol–water partition coefficient (Wildman–Crippen LogP) is 3.08. The smallest absolute Gasteiger partial charge is 0.206 e. The minimum atomic E-state index is -2.30. The molecule has 2 heteroatoms. The van der Waals surface area contributed by atoms with E-state index in [1.165, 1.54) is 6.42 Å². The van der Waals surface area contributed by atoms with Gasteiger partial charge in [0.1, 0.15) is 0 Å². The predicted molar refractivity (Wildman–Crippen MR) is 42.0 cm³/mol. The number of hydrogen-bond acceptors (Lipinski definition) is 0. The quantitative estimate of drug-likeness (QED) is 0.526. The van der Waals surface area contributed by atoms with Crippen LogP contribution in [0.5, 0.6) is 0 Å². The molecule has 4 saturated carbocycles. The van der Waals surface area contributed by atoms with Gasteiger partial charge in [0, 0.05) is 11.8 Å². The Labute approximate surface area is 71.3 Å². The average Bonchev–Trinajstić information content (AvgIpc) is 1.99. The highest BCUT2D eigenvalue weighted by Crippen LogP contribution is 2.60. The molecule has 0 unspecified atom stereocenters. The summed E-state index contributed by atoms with van der Waals surface area (Å²) in [4.78, 5) is 0. The number of hydrogen-bond donors (Lipinski definition) is 0. The molecule has 0 spiro atoms. The van der Waals surface area contributed by atoms with Crippen LogP contribution in [0.3, 0.4) is 0 Å². The van der Waals surface area contributed by atoms with E-state index in [1.807, 2.05) is 0 Å².